The lowest BCUT2D eigenvalue weighted by atomic mass is 10.1. The maximum absolute atomic E-state index is 12.3. The van der Waals surface area contributed by atoms with Gasteiger partial charge in [-0.2, -0.15) is 0 Å². The molecule has 3 N–H and O–H groups in total. The average molecular weight is 291 g/mol. The number of rotatable bonds is 4. The zero-order valence-electron chi connectivity index (χ0n) is 11.4. The van der Waals surface area contributed by atoms with Crippen LogP contribution >= 0.6 is 0 Å². The molecule has 2 aromatic rings. The number of aryl methyl sites for hydroxylation is 2. The first-order chi connectivity index (χ1) is 9.42. The lowest BCUT2D eigenvalue weighted by molar-refractivity contribution is 0.600. The molecule has 106 valence electrons. The molecule has 6 heteroatoms. The Morgan fingerprint density at radius 3 is 2.50 bits per heavy atom. The summed E-state index contributed by atoms with van der Waals surface area (Å²) in [5.41, 5.74) is 8.07. The van der Waals surface area contributed by atoms with Gasteiger partial charge in [0.2, 0.25) is 0 Å². The van der Waals surface area contributed by atoms with Crippen molar-refractivity contribution >= 4 is 15.8 Å². The summed E-state index contributed by atoms with van der Waals surface area (Å²) in [7, 11) is -3.64. The number of aromatic nitrogens is 1. The van der Waals surface area contributed by atoms with Gasteiger partial charge in [0.05, 0.1) is 4.90 Å². The molecule has 0 amide bonds. The first-order valence-corrected chi connectivity index (χ1v) is 7.66. The fraction of sp³-hybridized carbons (Fsp3) is 0.214. The number of sulfonamides is 1. The van der Waals surface area contributed by atoms with Gasteiger partial charge in [-0.3, -0.25) is 4.72 Å². The third-order valence-electron chi connectivity index (χ3n) is 2.91. The predicted octanol–water partition coefficient (Wildman–Crippen LogP) is 1.96. The van der Waals surface area contributed by atoms with Crippen molar-refractivity contribution < 1.29 is 8.42 Å². The van der Waals surface area contributed by atoms with Crippen LogP contribution in [0, 0.1) is 13.8 Å². The standard InChI is InChI=1S/C14H17N3O2S/c1-10-3-6-14(16-9-10)17-20(18,19)13-5-4-12(8-15)7-11(13)2/h3-7,9H,8,15H2,1-2H3,(H,16,17). The van der Waals surface area contributed by atoms with Gasteiger partial charge in [0.1, 0.15) is 5.82 Å². The molecular weight excluding hydrogens is 274 g/mol. The van der Waals surface area contributed by atoms with E-state index in [1.165, 1.54) is 0 Å². The summed E-state index contributed by atoms with van der Waals surface area (Å²) in [6, 6.07) is 8.49. The first-order valence-electron chi connectivity index (χ1n) is 6.17. The summed E-state index contributed by atoms with van der Waals surface area (Å²) in [5.74, 6) is 0.304. The van der Waals surface area contributed by atoms with E-state index in [2.05, 4.69) is 9.71 Å². The smallest absolute Gasteiger partial charge is 0.263 e. The van der Waals surface area contributed by atoms with Gasteiger partial charge in [0.25, 0.3) is 10.0 Å². The number of anilines is 1. The molecule has 0 aliphatic heterocycles. The quantitative estimate of drug-likeness (QED) is 0.901. The Balaban J connectivity index is 2.33. The van der Waals surface area contributed by atoms with Gasteiger partial charge in [-0.25, -0.2) is 13.4 Å². The van der Waals surface area contributed by atoms with Gasteiger partial charge in [-0.15, -0.1) is 0 Å². The molecule has 2 rings (SSSR count). The number of hydrogen-bond acceptors (Lipinski definition) is 4. The van der Waals surface area contributed by atoms with Crippen LogP contribution in [0.5, 0.6) is 0 Å². The molecule has 1 aromatic heterocycles. The zero-order chi connectivity index (χ0) is 14.8. The van der Waals surface area contributed by atoms with Crippen molar-refractivity contribution in [3.05, 3.63) is 53.2 Å². The molecule has 0 aliphatic rings. The Kier molecular flexibility index (Phi) is 4.06. The molecule has 0 fully saturated rings. The second-order valence-electron chi connectivity index (χ2n) is 4.63. The minimum absolute atomic E-state index is 0.233. The minimum Gasteiger partial charge on any atom is -0.326 e. The SMILES string of the molecule is Cc1ccc(NS(=O)(=O)c2ccc(CN)cc2C)nc1. The number of benzene rings is 1. The molecule has 0 radical (unpaired) electrons. The van der Waals surface area contributed by atoms with Crippen LogP contribution in [-0.4, -0.2) is 13.4 Å². The molecule has 1 aromatic carbocycles. The molecule has 20 heavy (non-hydrogen) atoms. The van der Waals surface area contributed by atoms with Crippen molar-refractivity contribution in [1.29, 1.82) is 0 Å². The van der Waals surface area contributed by atoms with E-state index in [0.29, 0.717) is 17.9 Å². The normalized spacial score (nSPS) is 11.3. The topological polar surface area (TPSA) is 85.1 Å². The van der Waals surface area contributed by atoms with Gasteiger partial charge >= 0.3 is 0 Å². The zero-order valence-corrected chi connectivity index (χ0v) is 12.2. The lowest BCUT2D eigenvalue weighted by Crippen LogP contribution is -2.15. The lowest BCUT2D eigenvalue weighted by Gasteiger charge is -2.10. The van der Waals surface area contributed by atoms with Crippen LogP contribution in [0.3, 0.4) is 0 Å². The van der Waals surface area contributed by atoms with Crippen molar-refractivity contribution in [3.8, 4) is 0 Å². The summed E-state index contributed by atoms with van der Waals surface area (Å²) in [5, 5.41) is 0. The van der Waals surface area contributed by atoms with Crippen molar-refractivity contribution in [1.82, 2.24) is 4.98 Å². The number of nitrogens with zero attached hydrogens (tertiary/aromatic N) is 1. The van der Waals surface area contributed by atoms with E-state index in [-0.39, 0.29) is 4.90 Å². The summed E-state index contributed by atoms with van der Waals surface area (Å²) < 4.78 is 27.1. The molecule has 5 nitrogen and oxygen atoms in total. The number of pyridine rings is 1. The molecule has 0 aliphatic carbocycles. The van der Waals surface area contributed by atoms with Gasteiger partial charge in [-0.05, 0) is 42.7 Å². The van der Waals surface area contributed by atoms with E-state index in [1.807, 2.05) is 6.92 Å². The van der Waals surface area contributed by atoms with Crippen LogP contribution in [0.4, 0.5) is 5.82 Å². The summed E-state index contributed by atoms with van der Waals surface area (Å²) in [6.07, 6.45) is 1.61. The highest BCUT2D eigenvalue weighted by molar-refractivity contribution is 7.92. The predicted molar refractivity (Wildman–Crippen MR) is 78.9 cm³/mol. The molecule has 0 unspecified atom stereocenters. The highest BCUT2D eigenvalue weighted by Gasteiger charge is 2.17. The van der Waals surface area contributed by atoms with Crippen molar-refractivity contribution in [2.75, 3.05) is 4.72 Å². The first kappa shape index (κ1) is 14.5. The largest absolute Gasteiger partial charge is 0.326 e. The fourth-order valence-electron chi connectivity index (χ4n) is 1.86. The summed E-state index contributed by atoms with van der Waals surface area (Å²) in [4.78, 5) is 4.28. The molecule has 0 bridgehead atoms. The molecule has 1 heterocycles. The van der Waals surface area contributed by atoms with Crippen LogP contribution < -0.4 is 10.5 Å². The van der Waals surface area contributed by atoms with E-state index in [9.17, 15) is 8.42 Å². The number of hydrogen-bond donors (Lipinski definition) is 2. The van der Waals surface area contributed by atoms with E-state index in [4.69, 9.17) is 5.73 Å². The summed E-state index contributed by atoms with van der Waals surface area (Å²) >= 11 is 0. The highest BCUT2D eigenvalue weighted by atomic mass is 32.2. The Labute approximate surface area is 118 Å². The monoisotopic (exact) mass is 291 g/mol. The second kappa shape index (κ2) is 5.60. The van der Waals surface area contributed by atoms with E-state index < -0.39 is 10.0 Å². The molecule has 0 saturated heterocycles. The number of nitrogens with one attached hydrogen (secondary N) is 1. The van der Waals surface area contributed by atoms with Gasteiger partial charge < -0.3 is 5.73 Å². The molecule has 0 spiro atoms. The third kappa shape index (κ3) is 3.15. The van der Waals surface area contributed by atoms with Crippen molar-refractivity contribution in [2.45, 2.75) is 25.3 Å². The second-order valence-corrected chi connectivity index (χ2v) is 6.28. The van der Waals surface area contributed by atoms with Crippen LogP contribution in [0.25, 0.3) is 0 Å². The van der Waals surface area contributed by atoms with E-state index >= 15 is 0 Å². The van der Waals surface area contributed by atoms with Crippen molar-refractivity contribution in [3.63, 3.8) is 0 Å². The van der Waals surface area contributed by atoms with Gasteiger partial charge in [0, 0.05) is 12.7 Å². The van der Waals surface area contributed by atoms with Gasteiger partial charge in [0.15, 0.2) is 0 Å². The number of nitrogens with two attached hydrogens (primary N) is 1. The van der Waals surface area contributed by atoms with Gasteiger partial charge in [-0.1, -0.05) is 18.2 Å². The Hall–Kier alpha value is -1.92. The molecule has 0 atom stereocenters. The maximum Gasteiger partial charge on any atom is 0.263 e. The minimum atomic E-state index is -3.64. The Morgan fingerprint density at radius 1 is 1.20 bits per heavy atom. The maximum atomic E-state index is 12.3. The van der Waals surface area contributed by atoms with Crippen LogP contribution in [-0.2, 0) is 16.6 Å². The molecular formula is C14H17N3O2S. The van der Waals surface area contributed by atoms with Crippen LogP contribution in [0.15, 0.2) is 41.4 Å². The van der Waals surface area contributed by atoms with E-state index in [1.54, 1.807) is 43.5 Å². The van der Waals surface area contributed by atoms with Crippen LogP contribution in [0.2, 0.25) is 0 Å². The van der Waals surface area contributed by atoms with Crippen LogP contribution in [0.1, 0.15) is 16.7 Å². The highest BCUT2D eigenvalue weighted by Crippen LogP contribution is 2.19. The van der Waals surface area contributed by atoms with Crippen molar-refractivity contribution in [2.24, 2.45) is 5.73 Å². The Bertz CT molecular complexity index is 710. The average Bonchev–Trinajstić information content (AvgIpc) is 2.40. The van der Waals surface area contributed by atoms with E-state index in [0.717, 1.165) is 11.1 Å². The Morgan fingerprint density at radius 2 is 1.95 bits per heavy atom. The fourth-order valence-corrected chi connectivity index (χ4v) is 3.10. The summed E-state index contributed by atoms with van der Waals surface area (Å²) in [6.45, 7) is 4.02. The third-order valence-corrected chi connectivity index (χ3v) is 4.43. The molecule has 0 saturated carbocycles.